The van der Waals surface area contributed by atoms with Crippen LogP contribution in [0.2, 0.25) is 0 Å². The Balaban J connectivity index is 2.43. The lowest BCUT2D eigenvalue weighted by molar-refractivity contribution is 0.430. The minimum absolute atomic E-state index is 0.0700. The molecule has 1 aliphatic carbocycles. The van der Waals surface area contributed by atoms with Crippen molar-refractivity contribution >= 4 is 0 Å². The van der Waals surface area contributed by atoms with Gasteiger partial charge in [0, 0.05) is 5.92 Å². The van der Waals surface area contributed by atoms with Crippen LogP contribution in [-0.2, 0) is 0 Å². The number of aromatic amines is 1. The van der Waals surface area contributed by atoms with Gasteiger partial charge < -0.3 is 10.1 Å². The van der Waals surface area contributed by atoms with Crippen LogP contribution in [0.25, 0.3) is 0 Å². The summed E-state index contributed by atoms with van der Waals surface area (Å²) in [6.07, 6.45) is 4.24. The van der Waals surface area contributed by atoms with Gasteiger partial charge in [-0.25, -0.2) is 0 Å². The van der Waals surface area contributed by atoms with Crippen molar-refractivity contribution in [2.75, 3.05) is 0 Å². The fourth-order valence-electron chi connectivity index (χ4n) is 2.34. The molecule has 0 amide bonds. The molecule has 0 radical (unpaired) electrons. The Kier molecular flexibility index (Phi) is 2.99. The minimum Gasteiger partial charge on any atom is -0.493 e. The second-order valence-corrected chi connectivity index (χ2v) is 4.82. The van der Waals surface area contributed by atoms with Crippen molar-refractivity contribution in [1.29, 1.82) is 0 Å². The zero-order valence-electron chi connectivity index (χ0n) is 9.79. The monoisotopic (exact) mass is 222 g/mol. The SMILES string of the molecule is CC(C)c1nc(O)c(C2CCCC2)c(=O)[nH]1. The van der Waals surface area contributed by atoms with Gasteiger partial charge in [0.1, 0.15) is 5.82 Å². The first-order valence-electron chi connectivity index (χ1n) is 5.92. The van der Waals surface area contributed by atoms with E-state index >= 15 is 0 Å². The summed E-state index contributed by atoms with van der Waals surface area (Å²) < 4.78 is 0. The molecule has 0 atom stereocenters. The van der Waals surface area contributed by atoms with E-state index in [-0.39, 0.29) is 23.3 Å². The molecule has 1 fully saturated rings. The first kappa shape index (κ1) is 11.2. The topological polar surface area (TPSA) is 66.0 Å². The molecule has 0 saturated heterocycles. The number of rotatable bonds is 2. The highest BCUT2D eigenvalue weighted by Gasteiger charge is 2.24. The fourth-order valence-corrected chi connectivity index (χ4v) is 2.34. The summed E-state index contributed by atoms with van der Waals surface area (Å²) in [5.74, 6) is 0.803. The van der Waals surface area contributed by atoms with Crippen LogP contribution in [0, 0.1) is 0 Å². The van der Waals surface area contributed by atoms with Crippen molar-refractivity contribution in [2.45, 2.75) is 51.4 Å². The average molecular weight is 222 g/mol. The molecule has 1 saturated carbocycles. The van der Waals surface area contributed by atoms with Crippen LogP contribution in [0.15, 0.2) is 4.79 Å². The first-order valence-corrected chi connectivity index (χ1v) is 5.92. The standard InChI is InChI=1S/C12H18N2O2/c1-7(2)10-13-11(15)9(12(16)14-10)8-5-3-4-6-8/h7-8H,3-6H2,1-2H3,(H2,13,14,15,16). The van der Waals surface area contributed by atoms with Gasteiger partial charge in [-0.15, -0.1) is 0 Å². The highest BCUT2D eigenvalue weighted by molar-refractivity contribution is 5.27. The Morgan fingerprint density at radius 1 is 1.38 bits per heavy atom. The number of H-pyrrole nitrogens is 1. The molecule has 2 rings (SSSR count). The highest BCUT2D eigenvalue weighted by Crippen LogP contribution is 2.35. The molecule has 0 unspecified atom stereocenters. The van der Waals surface area contributed by atoms with E-state index in [0.717, 1.165) is 25.7 Å². The van der Waals surface area contributed by atoms with E-state index in [1.54, 1.807) is 0 Å². The van der Waals surface area contributed by atoms with Crippen LogP contribution >= 0.6 is 0 Å². The number of hydrogen-bond donors (Lipinski definition) is 2. The van der Waals surface area contributed by atoms with E-state index in [0.29, 0.717) is 11.4 Å². The Bertz CT molecular complexity index is 431. The van der Waals surface area contributed by atoms with E-state index < -0.39 is 0 Å². The van der Waals surface area contributed by atoms with Gasteiger partial charge in [-0.2, -0.15) is 4.98 Å². The molecule has 4 nitrogen and oxygen atoms in total. The lowest BCUT2D eigenvalue weighted by Crippen LogP contribution is -2.19. The summed E-state index contributed by atoms with van der Waals surface area (Å²) in [5.41, 5.74) is 0.324. The van der Waals surface area contributed by atoms with E-state index in [2.05, 4.69) is 9.97 Å². The number of aromatic nitrogens is 2. The molecular formula is C12H18N2O2. The number of hydrogen-bond acceptors (Lipinski definition) is 3. The number of nitrogens with zero attached hydrogens (tertiary/aromatic N) is 1. The van der Waals surface area contributed by atoms with Gasteiger partial charge in [0.15, 0.2) is 0 Å². The van der Waals surface area contributed by atoms with Gasteiger partial charge in [-0.3, -0.25) is 4.79 Å². The van der Waals surface area contributed by atoms with Crippen LogP contribution in [0.3, 0.4) is 0 Å². The zero-order valence-corrected chi connectivity index (χ0v) is 9.79. The highest BCUT2D eigenvalue weighted by atomic mass is 16.3. The van der Waals surface area contributed by atoms with Crippen molar-refractivity contribution < 1.29 is 5.11 Å². The third-order valence-electron chi connectivity index (χ3n) is 3.26. The summed E-state index contributed by atoms with van der Waals surface area (Å²) in [7, 11) is 0. The minimum atomic E-state index is -0.164. The molecule has 0 aliphatic heterocycles. The second-order valence-electron chi connectivity index (χ2n) is 4.82. The molecule has 0 bridgehead atoms. The Morgan fingerprint density at radius 2 is 2.00 bits per heavy atom. The van der Waals surface area contributed by atoms with Gasteiger partial charge in [0.25, 0.3) is 5.56 Å². The summed E-state index contributed by atoms with van der Waals surface area (Å²) in [6, 6.07) is 0. The molecule has 1 aromatic rings. The maximum atomic E-state index is 11.9. The van der Waals surface area contributed by atoms with E-state index in [4.69, 9.17) is 0 Å². The van der Waals surface area contributed by atoms with Crippen LogP contribution in [0.5, 0.6) is 5.88 Å². The van der Waals surface area contributed by atoms with Crippen LogP contribution < -0.4 is 5.56 Å². The van der Waals surface area contributed by atoms with Gasteiger partial charge >= 0.3 is 0 Å². The smallest absolute Gasteiger partial charge is 0.258 e. The fraction of sp³-hybridized carbons (Fsp3) is 0.667. The van der Waals surface area contributed by atoms with Crippen LogP contribution in [-0.4, -0.2) is 15.1 Å². The first-order chi connectivity index (χ1) is 7.59. The summed E-state index contributed by atoms with van der Waals surface area (Å²) in [4.78, 5) is 18.7. The zero-order chi connectivity index (χ0) is 11.7. The van der Waals surface area contributed by atoms with Gasteiger partial charge in [0.2, 0.25) is 5.88 Å². The van der Waals surface area contributed by atoms with Crippen LogP contribution in [0.1, 0.15) is 62.8 Å². The molecule has 88 valence electrons. The maximum Gasteiger partial charge on any atom is 0.258 e. The molecule has 1 heterocycles. The number of nitrogens with one attached hydrogen (secondary N) is 1. The lowest BCUT2D eigenvalue weighted by atomic mass is 10.00. The van der Waals surface area contributed by atoms with E-state index in [1.165, 1.54) is 0 Å². The molecule has 0 spiro atoms. The maximum absolute atomic E-state index is 11.9. The summed E-state index contributed by atoms with van der Waals surface area (Å²) in [5, 5.41) is 9.85. The second kappa shape index (κ2) is 4.28. The van der Waals surface area contributed by atoms with E-state index in [1.807, 2.05) is 13.8 Å². The van der Waals surface area contributed by atoms with Crippen molar-refractivity contribution in [3.8, 4) is 5.88 Å². The average Bonchev–Trinajstić information content (AvgIpc) is 2.69. The van der Waals surface area contributed by atoms with Crippen molar-refractivity contribution in [1.82, 2.24) is 9.97 Å². The van der Waals surface area contributed by atoms with Crippen molar-refractivity contribution in [2.24, 2.45) is 0 Å². The van der Waals surface area contributed by atoms with E-state index in [9.17, 15) is 9.90 Å². The third-order valence-corrected chi connectivity index (χ3v) is 3.26. The van der Waals surface area contributed by atoms with Crippen molar-refractivity contribution in [3.63, 3.8) is 0 Å². The molecule has 0 aromatic carbocycles. The Hall–Kier alpha value is -1.32. The normalized spacial score (nSPS) is 17.2. The molecule has 2 N–H and O–H groups in total. The molecular weight excluding hydrogens is 204 g/mol. The van der Waals surface area contributed by atoms with Gasteiger partial charge in [-0.1, -0.05) is 26.7 Å². The molecule has 1 aromatic heterocycles. The quantitative estimate of drug-likeness (QED) is 0.806. The molecule has 1 aliphatic rings. The lowest BCUT2D eigenvalue weighted by Gasteiger charge is -2.12. The van der Waals surface area contributed by atoms with Crippen molar-refractivity contribution in [3.05, 3.63) is 21.7 Å². The largest absolute Gasteiger partial charge is 0.493 e. The van der Waals surface area contributed by atoms with Gasteiger partial charge in [0.05, 0.1) is 5.56 Å². The predicted octanol–water partition coefficient (Wildman–Crippen LogP) is 2.26. The Labute approximate surface area is 94.7 Å². The summed E-state index contributed by atoms with van der Waals surface area (Å²) >= 11 is 0. The van der Waals surface area contributed by atoms with Crippen LogP contribution in [0.4, 0.5) is 0 Å². The molecule has 4 heteroatoms. The number of aromatic hydroxyl groups is 1. The third kappa shape index (κ3) is 1.96. The summed E-state index contributed by atoms with van der Waals surface area (Å²) in [6.45, 7) is 3.87. The Morgan fingerprint density at radius 3 is 2.50 bits per heavy atom. The molecule has 16 heavy (non-hydrogen) atoms. The van der Waals surface area contributed by atoms with Gasteiger partial charge in [-0.05, 0) is 18.8 Å². The predicted molar refractivity (Wildman–Crippen MR) is 61.8 cm³/mol.